The maximum absolute atomic E-state index is 12.4. The van der Waals surface area contributed by atoms with Gasteiger partial charge in [0.15, 0.2) is 5.65 Å². The number of nitrogens with zero attached hydrogens (tertiary/aromatic N) is 4. The lowest BCUT2D eigenvalue weighted by molar-refractivity contribution is -0.149. The molecule has 1 saturated heterocycles. The molecule has 5 rings (SSSR count). The summed E-state index contributed by atoms with van der Waals surface area (Å²) in [6.07, 6.45) is 7.34. The predicted octanol–water partition coefficient (Wildman–Crippen LogP) is 5.07. The van der Waals surface area contributed by atoms with Crippen molar-refractivity contribution in [1.82, 2.24) is 19.5 Å². The number of aromatic nitrogens is 3. The number of carbonyl (C=O) groups is 5. The number of aliphatic carboxylic acids is 4. The van der Waals surface area contributed by atoms with Gasteiger partial charge in [-0.2, -0.15) is 0 Å². The number of nitrogens with one attached hydrogen (secondary N) is 1. The summed E-state index contributed by atoms with van der Waals surface area (Å²) in [5, 5.41) is 39.3. The van der Waals surface area contributed by atoms with Gasteiger partial charge in [-0.15, -0.1) is 5.10 Å². The van der Waals surface area contributed by atoms with E-state index in [2.05, 4.69) is 81.0 Å². The molecule has 1 aliphatic heterocycles. The average Bonchev–Trinajstić information content (AvgIpc) is 3.63. The second kappa shape index (κ2) is 22.9. The first-order chi connectivity index (χ1) is 27.2. The Hall–Kier alpha value is -6.39. The molecular weight excluding hydrogens is 738 g/mol. The number of esters is 1. The van der Waals surface area contributed by atoms with Crippen LogP contribution < -0.4 is 5.32 Å². The van der Waals surface area contributed by atoms with Crippen LogP contribution in [-0.4, -0.2) is 109 Å². The molecule has 0 saturated carbocycles. The van der Waals surface area contributed by atoms with Crippen molar-refractivity contribution in [2.75, 3.05) is 38.1 Å². The van der Waals surface area contributed by atoms with E-state index in [1.54, 1.807) is 4.52 Å². The maximum Gasteiger partial charge on any atom is 0.328 e. The monoisotopic (exact) mass is 787 g/mol. The van der Waals surface area contributed by atoms with Crippen molar-refractivity contribution in [2.45, 2.75) is 57.7 Å². The molecule has 3 heterocycles. The first-order valence-corrected chi connectivity index (χ1v) is 18.2. The number of carboxylic acids is 4. The normalized spacial score (nSPS) is 13.4. The third-order valence-corrected chi connectivity index (χ3v) is 8.51. The number of carbonyl (C=O) groups excluding carboxylic acids is 1. The summed E-state index contributed by atoms with van der Waals surface area (Å²) in [6, 6.07) is 24.9. The Balaban J connectivity index is 0.000000457. The smallest absolute Gasteiger partial charge is 0.328 e. The lowest BCUT2D eigenvalue weighted by atomic mass is 9.90. The largest absolute Gasteiger partial charge is 0.478 e. The van der Waals surface area contributed by atoms with E-state index in [-0.39, 0.29) is 18.2 Å². The number of fused-ring (bicyclic) bond motifs is 1. The maximum atomic E-state index is 12.4. The lowest BCUT2D eigenvalue weighted by Gasteiger charge is -2.34. The topological polar surface area (TPSA) is 230 Å². The molecule has 0 amide bonds. The molecule has 16 heteroatoms. The Kier molecular flexibility index (Phi) is 18.0. The molecule has 16 nitrogen and oxygen atoms in total. The summed E-state index contributed by atoms with van der Waals surface area (Å²) in [6.45, 7) is 9.75. The Morgan fingerprint density at radius 3 is 1.79 bits per heavy atom. The zero-order valence-corrected chi connectivity index (χ0v) is 32.1. The van der Waals surface area contributed by atoms with Crippen LogP contribution in [0.4, 0.5) is 5.82 Å². The van der Waals surface area contributed by atoms with Gasteiger partial charge in [0.05, 0.1) is 24.6 Å². The van der Waals surface area contributed by atoms with Gasteiger partial charge in [0, 0.05) is 43.9 Å². The SMILES string of the molecule is CCOC(=O)C(C)(C)c1cn2nc(NCCCN3CCC(OC(c4ccccc4)c4ccccc4)CC3)ccc2n1.O=C(O)/C=C/C(=O)O.O=C(O)/C=C/C(=O)O. The predicted molar refractivity (Wildman–Crippen MR) is 210 cm³/mol. The number of benzene rings is 2. The zero-order valence-electron chi connectivity index (χ0n) is 32.1. The van der Waals surface area contributed by atoms with E-state index in [1.165, 1.54) is 11.1 Å². The number of imidazole rings is 1. The number of carboxylic acid groups (broad SMARTS) is 4. The van der Waals surface area contributed by atoms with Crippen molar-refractivity contribution in [3.8, 4) is 0 Å². The van der Waals surface area contributed by atoms with Crippen LogP contribution in [0.5, 0.6) is 0 Å². The number of piperidine rings is 1. The Morgan fingerprint density at radius 1 is 0.807 bits per heavy atom. The van der Waals surface area contributed by atoms with Gasteiger partial charge in [-0.1, -0.05) is 60.7 Å². The van der Waals surface area contributed by atoms with Crippen molar-refractivity contribution in [2.24, 2.45) is 0 Å². The van der Waals surface area contributed by atoms with Crippen molar-refractivity contribution in [3.63, 3.8) is 0 Å². The first-order valence-electron chi connectivity index (χ1n) is 18.2. The van der Waals surface area contributed by atoms with Crippen molar-refractivity contribution in [1.29, 1.82) is 0 Å². The van der Waals surface area contributed by atoms with E-state index >= 15 is 0 Å². The number of anilines is 1. The standard InChI is InChI=1S/C33H41N5O3.2C4H4O4/c1-4-40-32(39)33(2,3)28-24-38-30(35-28)17-16-29(36-38)34-20-11-21-37-22-18-27(19-23-37)41-31(25-12-7-5-8-13-25)26-14-9-6-10-15-26;2*5-3(6)1-2-4(7)8/h5-10,12-17,24,27,31H,4,11,18-23H2,1-3H3,(H,34,36);2*1-2H,(H,5,6)(H,7,8)/b;2*2-1+. The second-order valence-electron chi connectivity index (χ2n) is 13.2. The molecule has 304 valence electrons. The fraction of sp³-hybridized carbons (Fsp3) is 0.341. The van der Waals surface area contributed by atoms with Crippen molar-refractivity contribution < 1.29 is 53.9 Å². The summed E-state index contributed by atoms with van der Waals surface area (Å²) >= 11 is 0. The van der Waals surface area contributed by atoms with Crippen LogP contribution in [0.25, 0.3) is 5.65 Å². The molecule has 1 aliphatic rings. The van der Waals surface area contributed by atoms with Crippen LogP contribution in [0.3, 0.4) is 0 Å². The fourth-order valence-corrected chi connectivity index (χ4v) is 5.56. The van der Waals surface area contributed by atoms with E-state index in [1.807, 2.05) is 39.1 Å². The van der Waals surface area contributed by atoms with Gasteiger partial charge in [-0.3, -0.25) is 4.79 Å². The summed E-state index contributed by atoms with van der Waals surface area (Å²) in [4.78, 5) is 57.7. The van der Waals surface area contributed by atoms with Crippen LogP contribution in [0, 0.1) is 0 Å². The average molecular weight is 788 g/mol. The molecule has 2 aromatic heterocycles. The number of ether oxygens (including phenoxy) is 2. The van der Waals surface area contributed by atoms with Crippen LogP contribution in [0.1, 0.15) is 63.0 Å². The highest BCUT2D eigenvalue weighted by Gasteiger charge is 2.34. The molecule has 4 aromatic rings. The first kappa shape index (κ1) is 45.0. The number of likely N-dealkylation sites (tertiary alicyclic amines) is 1. The highest BCUT2D eigenvalue weighted by atomic mass is 16.5. The molecule has 0 radical (unpaired) electrons. The minimum atomic E-state index is -1.26. The number of rotatable bonds is 16. The highest BCUT2D eigenvalue weighted by Crippen LogP contribution is 2.30. The van der Waals surface area contributed by atoms with Gasteiger partial charge in [-0.05, 0) is 69.8 Å². The van der Waals surface area contributed by atoms with Gasteiger partial charge < -0.3 is 40.1 Å². The zero-order chi connectivity index (χ0) is 41.8. The molecule has 1 fully saturated rings. The lowest BCUT2D eigenvalue weighted by Crippen LogP contribution is -2.38. The van der Waals surface area contributed by atoms with Crippen molar-refractivity contribution in [3.05, 3.63) is 120 Å². The fourth-order valence-electron chi connectivity index (χ4n) is 5.56. The van der Waals surface area contributed by atoms with Gasteiger partial charge in [0.2, 0.25) is 0 Å². The van der Waals surface area contributed by atoms with Crippen molar-refractivity contribution >= 4 is 41.3 Å². The Morgan fingerprint density at radius 2 is 1.32 bits per heavy atom. The quantitative estimate of drug-likeness (QED) is 0.0567. The molecule has 0 atom stereocenters. The van der Waals surface area contributed by atoms with Gasteiger partial charge in [-0.25, -0.2) is 28.7 Å². The number of hydrogen-bond acceptors (Lipinski definition) is 11. The van der Waals surface area contributed by atoms with Crippen LogP contribution in [0.15, 0.2) is 103 Å². The van der Waals surface area contributed by atoms with E-state index < -0.39 is 29.3 Å². The van der Waals surface area contributed by atoms with E-state index in [4.69, 9.17) is 29.9 Å². The minimum Gasteiger partial charge on any atom is -0.478 e. The Labute approximate surface area is 330 Å². The van der Waals surface area contributed by atoms with E-state index in [0.29, 0.717) is 42.3 Å². The van der Waals surface area contributed by atoms with Gasteiger partial charge >= 0.3 is 29.8 Å². The van der Waals surface area contributed by atoms with E-state index in [9.17, 15) is 24.0 Å². The second-order valence-corrected chi connectivity index (χ2v) is 13.2. The molecule has 0 bridgehead atoms. The third kappa shape index (κ3) is 15.7. The van der Waals surface area contributed by atoms with E-state index in [0.717, 1.165) is 51.3 Å². The van der Waals surface area contributed by atoms with Gasteiger partial charge in [0.25, 0.3) is 0 Å². The summed E-state index contributed by atoms with van der Waals surface area (Å²) in [7, 11) is 0. The van der Waals surface area contributed by atoms with Gasteiger partial charge in [0.1, 0.15) is 17.3 Å². The third-order valence-electron chi connectivity index (χ3n) is 8.51. The molecule has 0 unspecified atom stereocenters. The minimum absolute atomic E-state index is 0.0363. The summed E-state index contributed by atoms with van der Waals surface area (Å²) in [5.74, 6) is -4.53. The highest BCUT2D eigenvalue weighted by molar-refractivity contribution is 5.90. The Bertz CT molecular complexity index is 1870. The molecule has 2 aromatic carbocycles. The molecule has 0 aliphatic carbocycles. The molecular formula is C41H49N5O11. The molecule has 57 heavy (non-hydrogen) atoms. The summed E-state index contributed by atoms with van der Waals surface area (Å²) < 4.78 is 13.6. The number of hydrogen-bond donors (Lipinski definition) is 5. The molecule has 0 spiro atoms. The van der Waals surface area contributed by atoms with Crippen LogP contribution in [-0.2, 0) is 38.9 Å². The van der Waals surface area contributed by atoms with Crippen LogP contribution in [0.2, 0.25) is 0 Å². The molecule has 5 N–H and O–H groups in total. The van der Waals surface area contributed by atoms with Crippen LogP contribution >= 0.6 is 0 Å². The summed E-state index contributed by atoms with van der Waals surface area (Å²) in [5.41, 5.74) is 2.92.